The molecule has 0 saturated heterocycles. The van der Waals surface area contributed by atoms with Gasteiger partial charge in [0.2, 0.25) is 0 Å². The topological polar surface area (TPSA) is 66.9 Å². The minimum atomic E-state index is -4.24. The van der Waals surface area contributed by atoms with E-state index >= 15 is 0 Å². The minimum absolute atomic E-state index is 0.0844. The number of fused-ring (bicyclic) bond motifs is 1. The SMILES string of the molecule is C[C@@H](CC(F)(F)F)NCCn1[nH]c(=O)c2ccccc2c1=O. The van der Waals surface area contributed by atoms with Crippen LogP contribution < -0.4 is 16.4 Å². The Kier molecular flexibility index (Phi) is 4.70. The molecule has 1 aromatic heterocycles. The molecule has 22 heavy (non-hydrogen) atoms. The Hall–Kier alpha value is -2.09. The molecule has 0 amide bonds. The summed E-state index contributed by atoms with van der Waals surface area (Å²) in [6.07, 6.45) is -5.18. The number of H-pyrrole nitrogens is 1. The molecule has 0 spiro atoms. The van der Waals surface area contributed by atoms with Crippen molar-refractivity contribution in [3.8, 4) is 0 Å². The summed E-state index contributed by atoms with van der Waals surface area (Å²) in [7, 11) is 0. The summed E-state index contributed by atoms with van der Waals surface area (Å²) in [5.41, 5.74) is -0.779. The van der Waals surface area contributed by atoms with Gasteiger partial charge in [0, 0.05) is 12.6 Å². The van der Waals surface area contributed by atoms with Gasteiger partial charge in [-0.05, 0) is 19.1 Å². The predicted molar refractivity (Wildman–Crippen MR) is 77.0 cm³/mol. The largest absolute Gasteiger partial charge is 0.390 e. The Balaban J connectivity index is 2.08. The average Bonchev–Trinajstić information content (AvgIpc) is 2.42. The molecule has 1 heterocycles. The van der Waals surface area contributed by atoms with Crippen molar-refractivity contribution >= 4 is 10.8 Å². The van der Waals surface area contributed by atoms with Crippen LogP contribution in [0.25, 0.3) is 10.8 Å². The van der Waals surface area contributed by atoms with Crippen LogP contribution in [-0.2, 0) is 6.54 Å². The Bertz CT molecular complexity index is 764. The first-order chi connectivity index (χ1) is 10.3. The van der Waals surface area contributed by atoms with Crippen LogP contribution in [0.1, 0.15) is 13.3 Å². The maximum atomic E-state index is 12.2. The number of benzene rings is 1. The molecule has 2 N–H and O–H groups in total. The van der Waals surface area contributed by atoms with Gasteiger partial charge in [0.25, 0.3) is 11.1 Å². The Labute approximate surface area is 123 Å². The summed E-state index contributed by atoms with van der Waals surface area (Å²) in [4.78, 5) is 24.0. The van der Waals surface area contributed by atoms with Crippen LogP contribution in [0.15, 0.2) is 33.9 Å². The smallest absolute Gasteiger partial charge is 0.312 e. The lowest BCUT2D eigenvalue weighted by Crippen LogP contribution is -2.37. The van der Waals surface area contributed by atoms with Gasteiger partial charge in [-0.2, -0.15) is 13.2 Å². The van der Waals surface area contributed by atoms with E-state index in [9.17, 15) is 22.8 Å². The van der Waals surface area contributed by atoms with Crippen LogP contribution in [0.2, 0.25) is 0 Å². The monoisotopic (exact) mass is 315 g/mol. The molecule has 1 atom stereocenters. The number of nitrogens with zero attached hydrogens (tertiary/aromatic N) is 1. The number of rotatable bonds is 5. The number of nitrogens with one attached hydrogen (secondary N) is 2. The minimum Gasteiger partial charge on any atom is -0.312 e. The van der Waals surface area contributed by atoms with Crippen molar-refractivity contribution < 1.29 is 13.2 Å². The van der Waals surface area contributed by atoms with Gasteiger partial charge < -0.3 is 5.32 Å². The van der Waals surface area contributed by atoms with Crippen molar-refractivity contribution in [1.29, 1.82) is 0 Å². The van der Waals surface area contributed by atoms with Crippen LogP contribution in [0.4, 0.5) is 13.2 Å². The van der Waals surface area contributed by atoms with Gasteiger partial charge in [-0.25, -0.2) is 4.68 Å². The first-order valence-corrected chi connectivity index (χ1v) is 6.80. The summed E-state index contributed by atoms with van der Waals surface area (Å²) in [5.74, 6) is 0. The predicted octanol–water partition coefficient (Wildman–Crippen LogP) is 1.62. The zero-order chi connectivity index (χ0) is 16.3. The van der Waals surface area contributed by atoms with Crippen molar-refractivity contribution in [2.75, 3.05) is 6.54 Å². The number of aromatic amines is 1. The summed E-state index contributed by atoms with van der Waals surface area (Å²) in [5, 5.41) is 5.69. The van der Waals surface area contributed by atoms with E-state index < -0.39 is 24.2 Å². The second-order valence-electron chi connectivity index (χ2n) is 5.12. The van der Waals surface area contributed by atoms with Crippen molar-refractivity contribution in [2.24, 2.45) is 0 Å². The summed E-state index contributed by atoms with van der Waals surface area (Å²) in [6, 6.07) is 5.63. The fourth-order valence-corrected chi connectivity index (χ4v) is 2.25. The van der Waals surface area contributed by atoms with Crippen molar-refractivity contribution in [3.63, 3.8) is 0 Å². The lowest BCUT2D eigenvalue weighted by molar-refractivity contribution is -0.139. The molecule has 0 unspecified atom stereocenters. The molecule has 5 nitrogen and oxygen atoms in total. The molecular formula is C14H16F3N3O2. The van der Waals surface area contributed by atoms with Gasteiger partial charge in [-0.3, -0.25) is 14.7 Å². The van der Waals surface area contributed by atoms with E-state index in [4.69, 9.17) is 0 Å². The van der Waals surface area contributed by atoms with Crippen LogP contribution in [0.3, 0.4) is 0 Å². The number of alkyl halides is 3. The Morgan fingerprint density at radius 3 is 2.50 bits per heavy atom. The number of aromatic nitrogens is 2. The third-order valence-electron chi connectivity index (χ3n) is 3.25. The van der Waals surface area contributed by atoms with E-state index in [0.717, 1.165) is 4.68 Å². The molecule has 0 aliphatic carbocycles. The first kappa shape index (κ1) is 16.3. The van der Waals surface area contributed by atoms with Crippen LogP contribution in [0.5, 0.6) is 0 Å². The Morgan fingerprint density at radius 2 is 1.86 bits per heavy atom. The first-order valence-electron chi connectivity index (χ1n) is 6.80. The summed E-state index contributed by atoms with van der Waals surface area (Å²) >= 11 is 0. The molecular weight excluding hydrogens is 299 g/mol. The normalized spacial score (nSPS) is 13.5. The second-order valence-corrected chi connectivity index (χ2v) is 5.12. The van der Waals surface area contributed by atoms with E-state index in [2.05, 4.69) is 10.4 Å². The van der Waals surface area contributed by atoms with Crippen molar-refractivity contribution in [1.82, 2.24) is 15.1 Å². The molecule has 0 radical (unpaired) electrons. The van der Waals surface area contributed by atoms with Crippen LogP contribution >= 0.6 is 0 Å². The summed E-state index contributed by atoms with van der Waals surface area (Å²) in [6.45, 7) is 1.64. The molecule has 2 aromatic rings. The van der Waals surface area contributed by atoms with E-state index in [1.54, 1.807) is 24.3 Å². The highest BCUT2D eigenvalue weighted by Gasteiger charge is 2.29. The molecule has 8 heteroatoms. The molecule has 120 valence electrons. The molecule has 0 fully saturated rings. The van der Waals surface area contributed by atoms with Crippen molar-refractivity contribution in [2.45, 2.75) is 32.1 Å². The van der Waals surface area contributed by atoms with Gasteiger partial charge in [-0.15, -0.1) is 0 Å². The standard InChI is InChI=1S/C14H16F3N3O2/c1-9(8-14(15,16)17)18-6-7-20-13(22)11-5-3-2-4-10(11)12(21)19-20/h2-5,9,18H,6-8H2,1H3,(H,19,21)/t9-/m0/s1. The average molecular weight is 315 g/mol. The maximum absolute atomic E-state index is 12.2. The molecule has 2 rings (SSSR count). The van der Waals surface area contributed by atoms with Crippen LogP contribution in [-0.4, -0.2) is 28.5 Å². The third kappa shape index (κ3) is 3.97. The van der Waals surface area contributed by atoms with Gasteiger partial charge in [0.05, 0.1) is 23.7 Å². The summed E-state index contributed by atoms with van der Waals surface area (Å²) < 4.78 is 37.7. The quantitative estimate of drug-likeness (QED) is 0.881. The lowest BCUT2D eigenvalue weighted by Gasteiger charge is -2.16. The third-order valence-corrected chi connectivity index (χ3v) is 3.25. The Morgan fingerprint density at radius 1 is 1.23 bits per heavy atom. The molecule has 0 aliphatic rings. The zero-order valence-electron chi connectivity index (χ0n) is 11.9. The zero-order valence-corrected chi connectivity index (χ0v) is 11.9. The highest BCUT2D eigenvalue weighted by Crippen LogP contribution is 2.21. The van der Waals surface area contributed by atoms with E-state index in [0.29, 0.717) is 5.39 Å². The van der Waals surface area contributed by atoms with Gasteiger partial charge in [0.1, 0.15) is 0 Å². The van der Waals surface area contributed by atoms with Crippen molar-refractivity contribution in [3.05, 3.63) is 45.0 Å². The van der Waals surface area contributed by atoms with E-state index in [-0.39, 0.29) is 24.0 Å². The fraction of sp³-hybridized carbons (Fsp3) is 0.429. The van der Waals surface area contributed by atoms with E-state index in [1.807, 2.05) is 0 Å². The second kappa shape index (κ2) is 6.35. The lowest BCUT2D eigenvalue weighted by atomic mass is 10.2. The fourth-order valence-electron chi connectivity index (χ4n) is 2.25. The van der Waals surface area contributed by atoms with Gasteiger partial charge in [-0.1, -0.05) is 12.1 Å². The molecule has 0 aliphatic heterocycles. The van der Waals surface area contributed by atoms with Gasteiger partial charge >= 0.3 is 6.18 Å². The van der Waals surface area contributed by atoms with Crippen LogP contribution in [0, 0.1) is 0 Å². The highest BCUT2D eigenvalue weighted by atomic mass is 19.4. The highest BCUT2D eigenvalue weighted by molar-refractivity contribution is 5.80. The number of halogens is 3. The maximum Gasteiger partial charge on any atom is 0.390 e. The van der Waals surface area contributed by atoms with Gasteiger partial charge in [0.15, 0.2) is 0 Å². The number of hydrogen-bond donors (Lipinski definition) is 2. The van der Waals surface area contributed by atoms with E-state index in [1.165, 1.54) is 6.92 Å². The number of hydrogen-bond acceptors (Lipinski definition) is 3. The molecule has 1 aromatic carbocycles. The molecule has 0 bridgehead atoms. The molecule has 0 saturated carbocycles.